The SMILES string of the molecule is CC(=O)OC1C(NC(C)=NC#N)c2ccccc2OC1(C)C. The van der Waals surface area contributed by atoms with Gasteiger partial charge in [0.1, 0.15) is 17.2 Å². The molecular weight excluding hydrogens is 282 g/mol. The van der Waals surface area contributed by atoms with E-state index in [1.54, 1.807) is 13.1 Å². The maximum absolute atomic E-state index is 11.5. The standard InChI is InChI=1S/C16H19N3O3/c1-10(18-9-17)19-14-12-7-5-6-8-13(12)22-16(3,4)15(14)21-11(2)20/h5-8,14-15H,1-4H3,(H,18,19). The minimum absolute atomic E-state index is 0.346. The lowest BCUT2D eigenvalue weighted by Gasteiger charge is -2.44. The molecule has 0 saturated heterocycles. The van der Waals surface area contributed by atoms with Crippen LogP contribution in [0, 0.1) is 11.5 Å². The van der Waals surface area contributed by atoms with Crippen molar-refractivity contribution >= 4 is 11.8 Å². The molecule has 0 fully saturated rings. The van der Waals surface area contributed by atoms with Crippen molar-refractivity contribution in [3.63, 3.8) is 0 Å². The van der Waals surface area contributed by atoms with Crippen LogP contribution in [0.4, 0.5) is 0 Å². The van der Waals surface area contributed by atoms with Crippen molar-refractivity contribution < 1.29 is 14.3 Å². The Hall–Kier alpha value is -2.55. The van der Waals surface area contributed by atoms with Crippen LogP contribution in [0.1, 0.15) is 39.3 Å². The molecule has 22 heavy (non-hydrogen) atoms. The van der Waals surface area contributed by atoms with Gasteiger partial charge < -0.3 is 14.8 Å². The molecule has 2 atom stereocenters. The Morgan fingerprint density at radius 1 is 1.41 bits per heavy atom. The smallest absolute Gasteiger partial charge is 0.303 e. The summed E-state index contributed by atoms with van der Waals surface area (Å²) in [5.74, 6) is 0.790. The number of hydrogen-bond acceptors (Lipinski definition) is 5. The van der Waals surface area contributed by atoms with Crippen molar-refractivity contribution in [3.05, 3.63) is 29.8 Å². The Balaban J connectivity index is 2.47. The summed E-state index contributed by atoms with van der Waals surface area (Å²) in [5, 5.41) is 11.8. The number of ether oxygens (including phenoxy) is 2. The van der Waals surface area contributed by atoms with Gasteiger partial charge in [-0.25, -0.2) is 0 Å². The van der Waals surface area contributed by atoms with Crippen molar-refractivity contribution in [2.75, 3.05) is 0 Å². The highest BCUT2D eigenvalue weighted by Gasteiger charge is 2.46. The summed E-state index contributed by atoms with van der Waals surface area (Å²) >= 11 is 0. The van der Waals surface area contributed by atoms with Gasteiger partial charge >= 0.3 is 5.97 Å². The topological polar surface area (TPSA) is 83.7 Å². The Morgan fingerprint density at radius 3 is 2.73 bits per heavy atom. The normalized spacial score (nSPS) is 22.8. The summed E-state index contributed by atoms with van der Waals surface area (Å²) < 4.78 is 11.5. The first kappa shape index (κ1) is 15.8. The number of carbonyl (C=O) groups is 1. The highest BCUT2D eigenvalue weighted by molar-refractivity contribution is 5.81. The van der Waals surface area contributed by atoms with Crippen LogP contribution in [0.15, 0.2) is 29.3 Å². The number of nitriles is 1. The van der Waals surface area contributed by atoms with Crippen molar-refractivity contribution in [2.24, 2.45) is 4.99 Å². The minimum Gasteiger partial charge on any atom is -0.484 e. The number of carbonyl (C=O) groups excluding carboxylic acids is 1. The Kier molecular flexibility index (Phi) is 4.36. The van der Waals surface area contributed by atoms with Gasteiger partial charge in [0.25, 0.3) is 0 Å². The largest absolute Gasteiger partial charge is 0.484 e. The summed E-state index contributed by atoms with van der Waals surface area (Å²) in [5.41, 5.74) is 0.144. The molecular formula is C16H19N3O3. The predicted octanol–water partition coefficient (Wildman–Crippen LogP) is 2.32. The number of aliphatic imine (C=N–C) groups is 1. The van der Waals surface area contributed by atoms with Crippen molar-refractivity contribution in [2.45, 2.75) is 45.4 Å². The van der Waals surface area contributed by atoms with Gasteiger partial charge in [0.15, 0.2) is 6.10 Å². The monoisotopic (exact) mass is 301 g/mol. The summed E-state index contributed by atoms with van der Waals surface area (Å²) in [6.07, 6.45) is 1.19. The molecule has 0 saturated carbocycles. The van der Waals surface area contributed by atoms with E-state index in [0.29, 0.717) is 5.84 Å². The van der Waals surface area contributed by atoms with Gasteiger partial charge in [0.05, 0.1) is 6.04 Å². The molecule has 0 bridgehead atoms. The van der Waals surface area contributed by atoms with Gasteiger partial charge in [-0.3, -0.25) is 4.79 Å². The molecule has 2 unspecified atom stereocenters. The number of rotatable bonds is 2. The average Bonchev–Trinajstić information content (AvgIpc) is 2.42. The summed E-state index contributed by atoms with van der Waals surface area (Å²) in [7, 11) is 0. The predicted molar refractivity (Wildman–Crippen MR) is 81.3 cm³/mol. The Labute approximate surface area is 129 Å². The molecule has 1 heterocycles. The van der Waals surface area contributed by atoms with E-state index >= 15 is 0 Å². The number of para-hydroxylation sites is 1. The van der Waals surface area contributed by atoms with E-state index in [9.17, 15) is 4.79 Å². The molecule has 6 nitrogen and oxygen atoms in total. The first-order chi connectivity index (χ1) is 10.3. The van der Waals surface area contributed by atoms with Crippen LogP contribution < -0.4 is 10.1 Å². The van der Waals surface area contributed by atoms with E-state index in [-0.39, 0.29) is 12.0 Å². The number of nitrogens with one attached hydrogen (secondary N) is 1. The molecule has 1 aliphatic heterocycles. The fraction of sp³-hybridized carbons (Fsp3) is 0.438. The third-order valence-electron chi connectivity index (χ3n) is 3.49. The number of nitrogens with zero attached hydrogens (tertiary/aromatic N) is 2. The number of benzene rings is 1. The number of amidine groups is 1. The van der Waals surface area contributed by atoms with Crippen molar-refractivity contribution in [3.8, 4) is 11.9 Å². The van der Waals surface area contributed by atoms with Gasteiger partial charge in [-0.05, 0) is 26.8 Å². The maximum atomic E-state index is 11.5. The highest BCUT2D eigenvalue weighted by atomic mass is 16.6. The zero-order valence-corrected chi connectivity index (χ0v) is 13.1. The molecule has 1 aliphatic rings. The number of hydrogen-bond donors (Lipinski definition) is 1. The van der Waals surface area contributed by atoms with Crippen LogP contribution in [0.5, 0.6) is 5.75 Å². The second-order valence-electron chi connectivity index (χ2n) is 5.69. The zero-order valence-electron chi connectivity index (χ0n) is 13.1. The third kappa shape index (κ3) is 3.19. The van der Waals surface area contributed by atoms with Gasteiger partial charge in [-0.15, -0.1) is 0 Å². The lowest BCUT2D eigenvalue weighted by molar-refractivity contribution is -0.162. The minimum atomic E-state index is -0.718. The van der Waals surface area contributed by atoms with E-state index in [1.807, 2.05) is 38.1 Å². The lowest BCUT2D eigenvalue weighted by Crippen LogP contribution is -2.55. The molecule has 0 amide bonds. The van der Waals surface area contributed by atoms with E-state index in [4.69, 9.17) is 14.7 Å². The second kappa shape index (κ2) is 6.06. The zero-order chi connectivity index (χ0) is 16.3. The van der Waals surface area contributed by atoms with Crippen molar-refractivity contribution in [1.82, 2.24) is 5.32 Å². The van der Waals surface area contributed by atoms with E-state index in [0.717, 1.165) is 11.3 Å². The fourth-order valence-corrected chi connectivity index (χ4v) is 2.61. The summed E-state index contributed by atoms with van der Waals surface area (Å²) in [4.78, 5) is 15.2. The fourth-order valence-electron chi connectivity index (χ4n) is 2.61. The van der Waals surface area contributed by atoms with E-state index in [2.05, 4.69) is 10.3 Å². The number of esters is 1. The molecule has 0 radical (unpaired) electrons. The summed E-state index contributed by atoms with van der Waals surface area (Å²) in [6, 6.07) is 7.19. The molecule has 1 aromatic carbocycles. The van der Waals surface area contributed by atoms with Crippen molar-refractivity contribution in [1.29, 1.82) is 5.26 Å². The molecule has 0 aromatic heterocycles. The molecule has 0 spiro atoms. The van der Waals surface area contributed by atoms with Crippen LogP contribution in [-0.2, 0) is 9.53 Å². The van der Waals surface area contributed by atoms with Crippen LogP contribution >= 0.6 is 0 Å². The van der Waals surface area contributed by atoms with Crippen LogP contribution in [0.2, 0.25) is 0 Å². The molecule has 116 valence electrons. The first-order valence-corrected chi connectivity index (χ1v) is 7.00. The Morgan fingerprint density at radius 2 is 2.09 bits per heavy atom. The van der Waals surface area contributed by atoms with Crippen LogP contribution in [0.25, 0.3) is 0 Å². The second-order valence-corrected chi connectivity index (χ2v) is 5.69. The quantitative estimate of drug-likeness (QED) is 0.392. The molecule has 2 rings (SSSR count). The molecule has 1 aromatic rings. The van der Waals surface area contributed by atoms with Gasteiger partial charge in [-0.1, -0.05) is 18.2 Å². The van der Waals surface area contributed by atoms with E-state index < -0.39 is 11.7 Å². The maximum Gasteiger partial charge on any atom is 0.303 e. The summed E-state index contributed by atoms with van der Waals surface area (Å²) in [6.45, 7) is 6.78. The third-order valence-corrected chi connectivity index (χ3v) is 3.49. The van der Waals surface area contributed by atoms with Gasteiger partial charge in [0.2, 0.25) is 6.19 Å². The van der Waals surface area contributed by atoms with Gasteiger partial charge in [-0.2, -0.15) is 10.3 Å². The van der Waals surface area contributed by atoms with Crippen LogP contribution in [-0.4, -0.2) is 23.5 Å². The number of fused-ring (bicyclic) bond motifs is 1. The molecule has 0 aliphatic carbocycles. The highest BCUT2D eigenvalue weighted by Crippen LogP contribution is 2.41. The Bertz CT molecular complexity index is 646. The van der Waals surface area contributed by atoms with Crippen LogP contribution in [0.3, 0.4) is 0 Å². The first-order valence-electron chi connectivity index (χ1n) is 7.00. The van der Waals surface area contributed by atoms with Gasteiger partial charge in [0, 0.05) is 12.5 Å². The lowest BCUT2D eigenvalue weighted by atomic mass is 9.86. The van der Waals surface area contributed by atoms with E-state index in [1.165, 1.54) is 6.92 Å². The average molecular weight is 301 g/mol. The molecule has 1 N–H and O–H groups in total. The molecule has 6 heteroatoms.